The lowest BCUT2D eigenvalue weighted by atomic mass is 9.83. The van der Waals surface area contributed by atoms with E-state index in [0.29, 0.717) is 18.9 Å². The van der Waals surface area contributed by atoms with Crippen molar-refractivity contribution in [2.45, 2.75) is 31.8 Å². The number of piperidine rings is 3. The van der Waals surface area contributed by atoms with E-state index in [1.807, 2.05) is 6.07 Å². The molecule has 0 aliphatic carbocycles. The number of rotatable bonds is 3. The maximum absolute atomic E-state index is 5.47. The minimum absolute atomic E-state index is 0.347. The normalized spacial score (nSPS) is 32.4. The lowest BCUT2D eigenvalue weighted by molar-refractivity contribution is 0.0680. The predicted octanol–water partition coefficient (Wildman–Crippen LogP) is 2.16. The van der Waals surface area contributed by atoms with Crippen LogP contribution in [-0.2, 0) is 0 Å². The Bertz CT molecular complexity index is 497. The summed E-state index contributed by atoms with van der Waals surface area (Å²) in [5.41, 5.74) is 1.28. The van der Waals surface area contributed by atoms with Crippen LogP contribution in [0.2, 0.25) is 0 Å². The highest BCUT2D eigenvalue weighted by molar-refractivity contribution is 5.45. The van der Waals surface area contributed by atoms with E-state index in [0.717, 1.165) is 17.4 Å². The molecule has 4 aliphatic rings. The summed E-state index contributed by atoms with van der Waals surface area (Å²) in [6, 6.07) is 7.27. The molecule has 0 aromatic heterocycles. The molecule has 108 valence electrons. The molecule has 5 rings (SSSR count). The molecular formula is C16H22N2O2. The molecule has 3 fully saturated rings. The van der Waals surface area contributed by atoms with Crippen molar-refractivity contribution in [3.05, 3.63) is 23.8 Å². The van der Waals surface area contributed by atoms with E-state index in [4.69, 9.17) is 9.47 Å². The summed E-state index contributed by atoms with van der Waals surface area (Å²) in [5.74, 6) is 2.60. The third kappa shape index (κ3) is 2.17. The fourth-order valence-corrected chi connectivity index (χ4v) is 3.75. The zero-order valence-electron chi connectivity index (χ0n) is 12.0. The van der Waals surface area contributed by atoms with Gasteiger partial charge in [0.2, 0.25) is 6.79 Å². The van der Waals surface area contributed by atoms with Gasteiger partial charge in [0.25, 0.3) is 0 Å². The van der Waals surface area contributed by atoms with Gasteiger partial charge in [-0.25, -0.2) is 0 Å². The number of fused-ring (bicyclic) bond motifs is 4. The SMILES string of the molecule is CC(NC1CN2CCC1CC2)c1ccc2c(c1)OCO2. The zero-order valence-corrected chi connectivity index (χ0v) is 12.0. The molecule has 1 N–H and O–H groups in total. The van der Waals surface area contributed by atoms with Crippen molar-refractivity contribution in [3.63, 3.8) is 0 Å². The van der Waals surface area contributed by atoms with Crippen LogP contribution in [0.5, 0.6) is 11.5 Å². The Morgan fingerprint density at radius 3 is 2.75 bits per heavy atom. The van der Waals surface area contributed by atoms with Gasteiger partial charge in [-0.3, -0.25) is 0 Å². The molecule has 0 saturated carbocycles. The fourth-order valence-electron chi connectivity index (χ4n) is 3.75. The topological polar surface area (TPSA) is 33.7 Å². The summed E-state index contributed by atoms with van der Waals surface area (Å²) in [5, 5.41) is 3.82. The van der Waals surface area contributed by atoms with E-state index >= 15 is 0 Å². The van der Waals surface area contributed by atoms with Crippen molar-refractivity contribution in [3.8, 4) is 11.5 Å². The molecule has 2 bridgehead atoms. The molecule has 2 atom stereocenters. The Kier molecular flexibility index (Phi) is 3.08. The lowest BCUT2D eigenvalue weighted by Gasteiger charge is -2.46. The molecule has 20 heavy (non-hydrogen) atoms. The summed E-state index contributed by atoms with van der Waals surface area (Å²) in [6.07, 6.45) is 2.71. The minimum atomic E-state index is 0.347. The Morgan fingerprint density at radius 2 is 2.00 bits per heavy atom. The van der Waals surface area contributed by atoms with Crippen LogP contribution in [0.4, 0.5) is 0 Å². The Labute approximate surface area is 120 Å². The first-order valence-electron chi connectivity index (χ1n) is 7.67. The van der Waals surface area contributed by atoms with Crippen molar-refractivity contribution in [2.75, 3.05) is 26.4 Å². The molecular weight excluding hydrogens is 252 g/mol. The maximum atomic E-state index is 5.47. The molecule has 0 radical (unpaired) electrons. The number of hydrogen-bond acceptors (Lipinski definition) is 4. The second-order valence-corrected chi connectivity index (χ2v) is 6.25. The van der Waals surface area contributed by atoms with E-state index in [2.05, 4.69) is 29.3 Å². The van der Waals surface area contributed by atoms with Crippen LogP contribution in [0, 0.1) is 5.92 Å². The van der Waals surface area contributed by atoms with Crippen LogP contribution in [0.1, 0.15) is 31.4 Å². The Balaban J connectivity index is 1.46. The molecule has 1 aromatic carbocycles. The molecule has 4 heteroatoms. The highest BCUT2D eigenvalue weighted by Crippen LogP contribution is 2.35. The summed E-state index contributed by atoms with van der Waals surface area (Å²) in [4.78, 5) is 2.59. The third-order valence-electron chi connectivity index (χ3n) is 5.02. The van der Waals surface area contributed by atoms with E-state index in [-0.39, 0.29) is 0 Å². The maximum Gasteiger partial charge on any atom is 0.231 e. The largest absolute Gasteiger partial charge is 0.454 e. The number of ether oxygens (including phenoxy) is 2. The second kappa shape index (κ2) is 4.93. The smallest absolute Gasteiger partial charge is 0.231 e. The van der Waals surface area contributed by atoms with Gasteiger partial charge in [0.15, 0.2) is 11.5 Å². The van der Waals surface area contributed by atoms with Crippen LogP contribution in [-0.4, -0.2) is 37.4 Å². The van der Waals surface area contributed by atoms with Crippen molar-refractivity contribution in [2.24, 2.45) is 5.92 Å². The van der Waals surface area contributed by atoms with Crippen LogP contribution in [0.25, 0.3) is 0 Å². The second-order valence-electron chi connectivity index (χ2n) is 6.25. The van der Waals surface area contributed by atoms with Gasteiger partial charge >= 0.3 is 0 Å². The molecule has 4 aliphatic heterocycles. The molecule has 4 heterocycles. The molecule has 4 nitrogen and oxygen atoms in total. The minimum Gasteiger partial charge on any atom is -0.454 e. The van der Waals surface area contributed by atoms with E-state index < -0.39 is 0 Å². The van der Waals surface area contributed by atoms with Gasteiger partial charge in [-0.15, -0.1) is 0 Å². The van der Waals surface area contributed by atoms with Gasteiger partial charge in [-0.05, 0) is 56.5 Å². The summed E-state index contributed by atoms with van der Waals surface area (Å²) >= 11 is 0. The van der Waals surface area contributed by atoms with Crippen LogP contribution >= 0.6 is 0 Å². The Hall–Kier alpha value is -1.26. The van der Waals surface area contributed by atoms with Gasteiger partial charge < -0.3 is 19.7 Å². The Morgan fingerprint density at radius 1 is 1.20 bits per heavy atom. The third-order valence-corrected chi connectivity index (χ3v) is 5.02. The van der Waals surface area contributed by atoms with E-state index in [1.54, 1.807) is 0 Å². The lowest BCUT2D eigenvalue weighted by Crippen LogP contribution is -2.56. The monoisotopic (exact) mass is 274 g/mol. The predicted molar refractivity (Wildman–Crippen MR) is 77.1 cm³/mol. The first-order chi connectivity index (χ1) is 9.79. The number of benzene rings is 1. The first-order valence-corrected chi connectivity index (χ1v) is 7.67. The molecule has 0 spiro atoms. The average molecular weight is 274 g/mol. The zero-order chi connectivity index (χ0) is 13.5. The van der Waals surface area contributed by atoms with Gasteiger partial charge in [-0.1, -0.05) is 6.07 Å². The van der Waals surface area contributed by atoms with Crippen LogP contribution in [0.15, 0.2) is 18.2 Å². The van der Waals surface area contributed by atoms with Gasteiger partial charge in [0.1, 0.15) is 0 Å². The van der Waals surface area contributed by atoms with Gasteiger partial charge in [0, 0.05) is 18.6 Å². The molecule has 3 saturated heterocycles. The molecule has 2 unspecified atom stereocenters. The molecule has 1 aromatic rings. The highest BCUT2D eigenvalue weighted by Gasteiger charge is 2.34. The van der Waals surface area contributed by atoms with Gasteiger partial charge in [0.05, 0.1) is 0 Å². The standard InChI is InChI=1S/C16H22N2O2/c1-11(13-2-3-15-16(8-13)20-10-19-15)17-14-9-18-6-4-12(14)5-7-18/h2-3,8,11-12,14,17H,4-7,9-10H2,1H3. The summed E-state index contributed by atoms with van der Waals surface area (Å²) in [6.45, 7) is 6.39. The van der Waals surface area contributed by atoms with E-state index in [9.17, 15) is 0 Å². The van der Waals surface area contributed by atoms with Crippen molar-refractivity contribution >= 4 is 0 Å². The quantitative estimate of drug-likeness (QED) is 0.916. The van der Waals surface area contributed by atoms with Crippen molar-refractivity contribution < 1.29 is 9.47 Å². The first kappa shape index (κ1) is 12.5. The number of nitrogens with zero attached hydrogens (tertiary/aromatic N) is 1. The number of hydrogen-bond donors (Lipinski definition) is 1. The van der Waals surface area contributed by atoms with E-state index in [1.165, 1.54) is 38.0 Å². The van der Waals surface area contributed by atoms with Crippen molar-refractivity contribution in [1.82, 2.24) is 10.2 Å². The van der Waals surface area contributed by atoms with Crippen molar-refractivity contribution in [1.29, 1.82) is 0 Å². The van der Waals surface area contributed by atoms with Crippen LogP contribution in [0.3, 0.4) is 0 Å². The molecule has 0 amide bonds. The average Bonchev–Trinajstić information content (AvgIpc) is 2.96. The fraction of sp³-hybridized carbons (Fsp3) is 0.625. The summed E-state index contributed by atoms with van der Waals surface area (Å²) in [7, 11) is 0. The van der Waals surface area contributed by atoms with Crippen LogP contribution < -0.4 is 14.8 Å². The van der Waals surface area contributed by atoms with Gasteiger partial charge in [-0.2, -0.15) is 0 Å². The highest BCUT2D eigenvalue weighted by atomic mass is 16.7. The summed E-state index contributed by atoms with van der Waals surface area (Å²) < 4.78 is 10.8. The number of nitrogens with one attached hydrogen (secondary N) is 1.